The first-order chi connectivity index (χ1) is 12.5. The van der Waals surface area contributed by atoms with Crippen LogP contribution in [0.4, 0.5) is 11.4 Å². The number of anilines is 1. The quantitative estimate of drug-likeness (QED) is 0.486. The summed E-state index contributed by atoms with van der Waals surface area (Å²) in [6, 6.07) is 12.7. The highest BCUT2D eigenvalue weighted by Gasteiger charge is 2.24. The molecule has 1 unspecified atom stereocenters. The summed E-state index contributed by atoms with van der Waals surface area (Å²) in [6.07, 6.45) is -0.451. The molecular formula is C17H15N3O6. The van der Waals surface area contributed by atoms with Crippen molar-refractivity contribution in [1.82, 2.24) is 5.32 Å². The van der Waals surface area contributed by atoms with Crippen LogP contribution in [0.2, 0.25) is 0 Å². The first-order valence-electron chi connectivity index (χ1n) is 7.75. The van der Waals surface area contributed by atoms with Gasteiger partial charge in [-0.15, -0.1) is 0 Å². The Bertz CT molecular complexity index is 854. The molecule has 2 amide bonds. The number of carbonyl (C=O) groups excluding carboxylic acids is 2. The fraction of sp³-hybridized carbons (Fsp3) is 0.176. The van der Waals surface area contributed by atoms with Crippen LogP contribution in [0.3, 0.4) is 0 Å². The van der Waals surface area contributed by atoms with E-state index in [-0.39, 0.29) is 24.5 Å². The number of nitrogens with zero attached hydrogens (tertiary/aromatic N) is 1. The lowest BCUT2D eigenvalue weighted by Crippen LogP contribution is -2.44. The summed E-state index contributed by atoms with van der Waals surface area (Å²) in [5.41, 5.74) is -0.349. The van der Waals surface area contributed by atoms with Crippen molar-refractivity contribution in [2.24, 2.45) is 0 Å². The third kappa shape index (κ3) is 3.89. The van der Waals surface area contributed by atoms with Crippen LogP contribution in [-0.4, -0.2) is 36.0 Å². The van der Waals surface area contributed by atoms with Gasteiger partial charge in [-0.1, -0.05) is 24.3 Å². The van der Waals surface area contributed by atoms with E-state index in [4.69, 9.17) is 9.47 Å². The summed E-state index contributed by atoms with van der Waals surface area (Å²) in [5.74, 6) is -0.756. The maximum atomic E-state index is 11.9. The first kappa shape index (κ1) is 17.2. The number of hydrogen-bond donors (Lipinski definition) is 2. The van der Waals surface area contributed by atoms with Gasteiger partial charge in [0.1, 0.15) is 18.4 Å². The van der Waals surface area contributed by atoms with Crippen molar-refractivity contribution in [2.45, 2.75) is 6.10 Å². The number of nitro groups is 1. The van der Waals surface area contributed by atoms with E-state index >= 15 is 0 Å². The fourth-order valence-corrected chi connectivity index (χ4v) is 2.37. The smallest absolute Gasteiger partial charge is 0.313 e. The van der Waals surface area contributed by atoms with Crippen LogP contribution < -0.4 is 20.1 Å². The maximum Gasteiger partial charge on any atom is 0.313 e. The van der Waals surface area contributed by atoms with Crippen LogP contribution in [0.5, 0.6) is 11.5 Å². The second-order valence-electron chi connectivity index (χ2n) is 5.44. The van der Waals surface area contributed by atoms with Crippen LogP contribution in [-0.2, 0) is 9.59 Å². The molecule has 1 heterocycles. The Balaban J connectivity index is 1.54. The summed E-state index contributed by atoms with van der Waals surface area (Å²) >= 11 is 0. The molecule has 1 aliphatic rings. The zero-order valence-corrected chi connectivity index (χ0v) is 13.5. The lowest BCUT2D eigenvalue weighted by molar-refractivity contribution is -0.383. The van der Waals surface area contributed by atoms with Crippen molar-refractivity contribution in [1.29, 1.82) is 0 Å². The monoisotopic (exact) mass is 357 g/mol. The Hall–Kier alpha value is -3.62. The molecule has 2 N–H and O–H groups in total. The minimum Gasteiger partial charge on any atom is -0.486 e. The van der Waals surface area contributed by atoms with Crippen LogP contribution in [0.25, 0.3) is 0 Å². The Morgan fingerprint density at radius 2 is 1.77 bits per heavy atom. The summed E-state index contributed by atoms with van der Waals surface area (Å²) in [7, 11) is 0. The predicted molar refractivity (Wildman–Crippen MR) is 91.1 cm³/mol. The Morgan fingerprint density at radius 1 is 1.08 bits per heavy atom. The Morgan fingerprint density at radius 3 is 2.54 bits per heavy atom. The van der Waals surface area contributed by atoms with Gasteiger partial charge >= 0.3 is 11.8 Å². The summed E-state index contributed by atoms with van der Waals surface area (Å²) in [6.45, 7) is 0.278. The third-order valence-corrected chi connectivity index (χ3v) is 3.61. The van der Waals surface area contributed by atoms with Crippen molar-refractivity contribution in [2.75, 3.05) is 18.5 Å². The van der Waals surface area contributed by atoms with Gasteiger partial charge in [0.2, 0.25) is 0 Å². The van der Waals surface area contributed by atoms with Crippen LogP contribution in [0, 0.1) is 10.1 Å². The number of rotatable bonds is 4. The maximum absolute atomic E-state index is 11.9. The van der Waals surface area contributed by atoms with Crippen LogP contribution in [0.1, 0.15) is 0 Å². The van der Waals surface area contributed by atoms with Gasteiger partial charge in [-0.05, 0) is 18.2 Å². The first-order valence-corrected chi connectivity index (χ1v) is 7.75. The van der Waals surface area contributed by atoms with Gasteiger partial charge in [0.15, 0.2) is 11.5 Å². The van der Waals surface area contributed by atoms with Gasteiger partial charge in [0.05, 0.1) is 11.5 Å². The zero-order chi connectivity index (χ0) is 18.5. The van der Waals surface area contributed by atoms with E-state index in [1.54, 1.807) is 18.2 Å². The number of fused-ring (bicyclic) bond motifs is 1. The van der Waals surface area contributed by atoms with Gasteiger partial charge in [-0.25, -0.2) is 0 Å². The highest BCUT2D eigenvalue weighted by Crippen LogP contribution is 2.30. The molecule has 2 aromatic carbocycles. The van der Waals surface area contributed by atoms with E-state index in [9.17, 15) is 19.7 Å². The summed E-state index contributed by atoms with van der Waals surface area (Å²) in [4.78, 5) is 34.2. The second kappa shape index (κ2) is 7.51. The molecule has 2 aromatic rings. The molecule has 0 saturated carbocycles. The molecule has 3 rings (SSSR count). The van der Waals surface area contributed by atoms with Crippen LogP contribution in [0.15, 0.2) is 48.5 Å². The average molecular weight is 357 g/mol. The minimum atomic E-state index is -1.00. The second-order valence-corrected chi connectivity index (χ2v) is 5.44. The molecule has 0 fully saturated rings. The highest BCUT2D eigenvalue weighted by atomic mass is 16.6. The molecule has 1 atom stereocenters. The molecule has 0 saturated heterocycles. The molecule has 0 spiro atoms. The number of hydrogen-bond acceptors (Lipinski definition) is 6. The third-order valence-electron chi connectivity index (χ3n) is 3.61. The number of amides is 2. The molecule has 1 aliphatic heterocycles. The number of carbonyl (C=O) groups is 2. The number of para-hydroxylation sites is 4. The Kier molecular flexibility index (Phi) is 4.97. The number of nitrogens with one attached hydrogen (secondary N) is 2. The molecule has 134 valence electrons. The van der Waals surface area contributed by atoms with Gasteiger partial charge in [-0.2, -0.15) is 0 Å². The van der Waals surface area contributed by atoms with E-state index in [0.29, 0.717) is 11.5 Å². The number of benzene rings is 2. The van der Waals surface area contributed by atoms with Crippen molar-refractivity contribution >= 4 is 23.2 Å². The van der Waals surface area contributed by atoms with Gasteiger partial charge < -0.3 is 20.1 Å². The molecule has 0 radical (unpaired) electrons. The SMILES string of the molecule is O=C(NCC1COc2ccccc2O1)C(=O)Nc1ccccc1[N+](=O)[O-]. The number of nitro benzene ring substituents is 1. The lowest BCUT2D eigenvalue weighted by Gasteiger charge is -2.26. The fourth-order valence-electron chi connectivity index (χ4n) is 2.37. The van der Waals surface area contributed by atoms with E-state index < -0.39 is 22.8 Å². The highest BCUT2D eigenvalue weighted by molar-refractivity contribution is 6.39. The molecule has 0 bridgehead atoms. The van der Waals surface area contributed by atoms with Gasteiger partial charge in [0.25, 0.3) is 5.69 Å². The molecule has 0 aliphatic carbocycles. The molecule has 0 aromatic heterocycles. The van der Waals surface area contributed by atoms with E-state index in [1.807, 2.05) is 6.07 Å². The lowest BCUT2D eigenvalue weighted by atomic mass is 10.2. The van der Waals surface area contributed by atoms with Gasteiger partial charge in [-0.3, -0.25) is 19.7 Å². The molecule has 26 heavy (non-hydrogen) atoms. The van der Waals surface area contributed by atoms with E-state index in [2.05, 4.69) is 10.6 Å². The topological polar surface area (TPSA) is 120 Å². The standard InChI is InChI=1S/C17H15N3O6/c21-16(17(22)19-12-5-1-2-6-13(12)20(23)24)18-9-11-10-25-14-7-3-4-8-15(14)26-11/h1-8,11H,9-10H2,(H,18,21)(H,19,22). The van der Waals surface area contributed by atoms with Crippen molar-refractivity contribution in [3.8, 4) is 11.5 Å². The molecular weight excluding hydrogens is 342 g/mol. The number of ether oxygens (including phenoxy) is 2. The predicted octanol–water partition coefficient (Wildman–Crippen LogP) is 1.49. The largest absolute Gasteiger partial charge is 0.486 e. The molecule has 9 heteroatoms. The van der Waals surface area contributed by atoms with Gasteiger partial charge in [0, 0.05) is 6.07 Å². The minimum absolute atomic E-state index is 0.0520. The Labute approximate surface area is 148 Å². The summed E-state index contributed by atoms with van der Waals surface area (Å²) < 4.78 is 11.2. The zero-order valence-electron chi connectivity index (χ0n) is 13.5. The normalized spacial score (nSPS) is 15.0. The van der Waals surface area contributed by atoms with Crippen molar-refractivity contribution < 1.29 is 24.0 Å². The van der Waals surface area contributed by atoms with Crippen molar-refractivity contribution in [3.63, 3.8) is 0 Å². The molecule has 9 nitrogen and oxygen atoms in total. The van der Waals surface area contributed by atoms with E-state index in [0.717, 1.165) is 0 Å². The van der Waals surface area contributed by atoms with Crippen molar-refractivity contribution in [3.05, 3.63) is 58.6 Å². The summed E-state index contributed by atoms with van der Waals surface area (Å²) in [5, 5.41) is 15.6. The van der Waals surface area contributed by atoms with E-state index in [1.165, 1.54) is 24.3 Å². The average Bonchev–Trinajstić information content (AvgIpc) is 2.66. The van der Waals surface area contributed by atoms with Crippen LogP contribution >= 0.6 is 0 Å².